The average Bonchev–Trinajstić information content (AvgIpc) is 3.07. The summed E-state index contributed by atoms with van der Waals surface area (Å²) in [5.74, 6) is 1.06. The van der Waals surface area contributed by atoms with E-state index in [1.807, 2.05) is 36.4 Å². The molecule has 0 amide bonds. The number of aromatic amines is 1. The molecule has 2 unspecified atom stereocenters. The first-order chi connectivity index (χ1) is 13.1. The van der Waals surface area contributed by atoms with Crippen molar-refractivity contribution in [2.24, 2.45) is 17.6 Å². The lowest BCUT2D eigenvalue weighted by atomic mass is 9.68. The minimum Gasteiger partial charge on any atom is -0.402 e. The van der Waals surface area contributed by atoms with Gasteiger partial charge in [-0.1, -0.05) is 12.1 Å². The summed E-state index contributed by atoms with van der Waals surface area (Å²) in [7, 11) is 0. The number of nitrogens with two attached hydrogens (primary N) is 2. The van der Waals surface area contributed by atoms with Crippen LogP contribution in [-0.4, -0.2) is 15.7 Å². The average molecular weight is 355 g/mol. The van der Waals surface area contributed by atoms with Crippen LogP contribution in [0.2, 0.25) is 0 Å². The zero-order chi connectivity index (χ0) is 18.5. The summed E-state index contributed by atoms with van der Waals surface area (Å²) in [5, 5.41) is 8.68. The molecular formula is C22H21N5. The molecule has 0 radical (unpaired) electrons. The Labute approximate surface area is 157 Å². The predicted molar refractivity (Wildman–Crippen MR) is 109 cm³/mol. The van der Waals surface area contributed by atoms with Gasteiger partial charge in [0.25, 0.3) is 0 Å². The fourth-order valence-corrected chi connectivity index (χ4v) is 4.07. The Kier molecular flexibility index (Phi) is 3.44. The van der Waals surface area contributed by atoms with E-state index in [9.17, 15) is 0 Å². The quantitative estimate of drug-likeness (QED) is 0.424. The number of anilines is 1. The molecule has 2 aliphatic rings. The molecular weight excluding hydrogens is 334 g/mol. The number of allylic oxidation sites excluding steroid dienone is 4. The van der Waals surface area contributed by atoms with Gasteiger partial charge in [-0.25, -0.2) is 0 Å². The van der Waals surface area contributed by atoms with E-state index >= 15 is 0 Å². The molecule has 3 aromatic rings. The smallest absolute Gasteiger partial charge is 0.0885 e. The Morgan fingerprint density at radius 1 is 1.15 bits per heavy atom. The Morgan fingerprint density at radius 2 is 2.04 bits per heavy atom. The van der Waals surface area contributed by atoms with E-state index in [2.05, 4.69) is 22.1 Å². The molecule has 1 fully saturated rings. The van der Waals surface area contributed by atoms with Crippen LogP contribution in [0, 0.1) is 17.2 Å². The Balaban J connectivity index is 1.54. The maximum absolute atomic E-state index is 8.68. The first-order valence-corrected chi connectivity index (χ1v) is 9.22. The molecule has 1 saturated carbocycles. The lowest BCUT2D eigenvalue weighted by molar-refractivity contribution is 0.266. The fourth-order valence-electron chi connectivity index (χ4n) is 4.07. The molecule has 0 aliphatic heterocycles. The fraction of sp³-hybridized carbons (Fsp3) is 0.182. The molecule has 134 valence electrons. The molecule has 2 aromatic heterocycles. The van der Waals surface area contributed by atoms with E-state index in [1.54, 1.807) is 6.20 Å². The first-order valence-electron chi connectivity index (χ1n) is 9.22. The van der Waals surface area contributed by atoms with Crippen molar-refractivity contribution in [3.63, 3.8) is 0 Å². The molecule has 27 heavy (non-hydrogen) atoms. The van der Waals surface area contributed by atoms with Crippen molar-refractivity contribution in [3.05, 3.63) is 77.3 Å². The number of fused-ring (bicyclic) bond motifs is 2. The van der Waals surface area contributed by atoms with Crippen molar-refractivity contribution in [2.75, 3.05) is 5.73 Å². The predicted octanol–water partition coefficient (Wildman–Crippen LogP) is 3.83. The Bertz CT molecular complexity index is 1100. The third-order valence-corrected chi connectivity index (χ3v) is 5.79. The van der Waals surface area contributed by atoms with Crippen molar-refractivity contribution in [2.45, 2.75) is 12.8 Å². The van der Waals surface area contributed by atoms with Gasteiger partial charge in [-0.2, -0.15) is 0 Å². The second-order valence-corrected chi connectivity index (χ2v) is 7.41. The van der Waals surface area contributed by atoms with Gasteiger partial charge < -0.3 is 16.5 Å². The molecule has 5 nitrogen and oxygen atoms in total. The normalized spacial score (nSPS) is 21.2. The molecule has 2 aliphatic carbocycles. The molecule has 6 N–H and O–H groups in total. The monoisotopic (exact) mass is 355 g/mol. The molecule has 0 spiro atoms. The summed E-state index contributed by atoms with van der Waals surface area (Å²) in [4.78, 5) is 7.59. The van der Waals surface area contributed by atoms with E-state index < -0.39 is 0 Å². The maximum Gasteiger partial charge on any atom is 0.0885 e. The molecule has 5 rings (SSSR count). The minimum absolute atomic E-state index is 0.363. The van der Waals surface area contributed by atoms with Gasteiger partial charge in [0.1, 0.15) is 0 Å². The van der Waals surface area contributed by atoms with E-state index in [-0.39, 0.29) is 0 Å². The van der Waals surface area contributed by atoms with Gasteiger partial charge in [0.05, 0.1) is 22.4 Å². The number of aromatic nitrogens is 2. The van der Waals surface area contributed by atoms with Crippen LogP contribution in [0.4, 0.5) is 5.69 Å². The third kappa shape index (κ3) is 2.54. The summed E-state index contributed by atoms with van der Waals surface area (Å²) in [6.45, 7) is 0. The van der Waals surface area contributed by atoms with Crippen molar-refractivity contribution >= 4 is 28.0 Å². The Morgan fingerprint density at radius 3 is 2.78 bits per heavy atom. The molecule has 5 heteroatoms. The van der Waals surface area contributed by atoms with E-state index in [0.29, 0.717) is 34.5 Å². The first kappa shape index (κ1) is 15.9. The summed E-state index contributed by atoms with van der Waals surface area (Å²) in [6, 6.07) is 11.6. The van der Waals surface area contributed by atoms with Crippen molar-refractivity contribution in [1.29, 1.82) is 5.41 Å². The molecule has 0 saturated heterocycles. The summed E-state index contributed by atoms with van der Waals surface area (Å²) >= 11 is 0. The number of hydrogen-bond donors (Lipinski definition) is 4. The second-order valence-electron chi connectivity index (χ2n) is 7.41. The highest BCUT2D eigenvalue weighted by Gasteiger charge is 2.33. The van der Waals surface area contributed by atoms with Gasteiger partial charge in [0.15, 0.2) is 0 Å². The van der Waals surface area contributed by atoms with Crippen LogP contribution in [0.3, 0.4) is 0 Å². The van der Waals surface area contributed by atoms with Crippen LogP contribution in [0.5, 0.6) is 0 Å². The highest BCUT2D eigenvalue weighted by molar-refractivity contribution is 6.14. The zero-order valence-corrected chi connectivity index (χ0v) is 14.9. The number of nitrogens with one attached hydrogen (secondary N) is 2. The van der Waals surface area contributed by atoms with Crippen LogP contribution in [-0.2, 0) is 0 Å². The van der Waals surface area contributed by atoms with Crippen LogP contribution in [0.1, 0.15) is 29.7 Å². The third-order valence-electron chi connectivity index (χ3n) is 5.79. The highest BCUT2D eigenvalue weighted by atomic mass is 14.8. The summed E-state index contributed by atoms with van der Waals surface area (Å²) in [5.41, 5.74) is 19.7. The highest BCUT2D eigenvalue weighted by Crippen LogP contribution is 2.44. The van der Waals surface area contributed by atoms with Crippen LogP contribution in [0.25, 0.3) is 16.6 Å². The van der Waals surface area contributed by atoms with Gasteiger partial charge in [-0.05, 0) is 66.3 Å². The van der Waals surface area contributed by atoms with Crippen molar-refractivity contribution in [3.8, 4) is 0 Å². The summed E-state index contributed by atoms with van der Waals surface area (Å²) in [6.07, 6.45) is 8.52. The topological polar surface area (TPSA) is 105 Å². The number of nitrogen functional groups attached to an aromatic ring is 1. The van der Waals surface area contributed by atoms with Gasteiger partial charge in [0.2, 0.25) is 0 Å². The largest absolute Gasteiger partial charge is 0.402 e. The van der Waals surface area contributed by atoms with E-state index in [1.165, 1.54) is 12.8 Å². The molecule has 0 bridgehead atoms. The maximum atomic E-state index is 8.68. The molecule has 2 heterocycles. The Hall–Kier alpha value is -3.34. The van der Waals surface area contributed by atoms with Gasteiger partial charge >= 0.3 is 0 Å². The molecule has 2 atom stereocenters. The van der Waals surface area contributed by atoms with Gasteiger partial charge in [-0.3, -0.25) is 10.4 Å². The summed E-state index contributed by atoms with van der Waals surface area (Å²) < 4.78 is 0. The van der Waals surface area contributed by atoms with E-state index in [4.69, 9.17) is 16.9 Å². The number of hydrogen-bond acceptors (Lipinski definition) is 4. The SMILES string of the molecule is N=C(c1cc2ncccc2[nH]1)c1cc(C2=CC3CCC3C(N)=C2)ccc1N. The standard InChI is InChI=1S/C22H21N5/c23-17-6-4-12(14-8-13-3-5-15(13)18(24)10-14)9-16(17)22(25)21-11-20-19(27-21)2-1-7-26-20/h1-2,4,6-11,13,15,25,27H,3,5,23-24H2. The number of nitrogens with zero attached hydrogens (tertiary/aromatic N) is 1. The van der Waals surface area contributed by atoms with Crippen molar-refractivity contribution < 1.29 is 0 Å². The van der Waals surface area contributed by atoms with Crippen LogP contribution in [0.15, 0.2) is 60.4 Å². The number of rotatable bonds is 3. The second kappa shape index (κ2) is 5.84. The van der Waals surface area contributed by atoms with E-state index in [0.717, 1.165) is 27.9 Å². The van der Waals surface area contributed by atoms with Gasteiger partial charge in [-0.15, -0.1) is 0 Å². The zero-order valence-electron chi connectivity index (χ0n) is 14.9. The van der Waals surface area contributed by atoms with Crippen molar-refractivity contribution in [1.82, 2.24) is 9.97 Å². The lowest BCUT2D eigenvalue weighted by Gasteiger charge is -2.38. The lowest BCUT2D eigenvalue weighted by Crippen LogP contribution is -2.31. The molecule has 1 aromatic carbocycles. The number of H-pyrrole nitrogens is 1. The number of pyridine rings is 1. The number of benzene rings is 1. The van der Waals surface area contributed by atoms with Crippen LogP contribution < -0.4 is 11.5 Å². The van der Waals surface area contributed by atoms with Crippen LogP contribution >= 0.6 is 0 Å². The van der Waals surface area contributed by atoms with Gasteiger partial charge in [0, 0.05) is 29.1 Å². The minimum atomic E-state index is 0.363.